The minimum Gasteiger partial charge on any atom is -0.465 e. The Kier molecular flexibility index (Phi) is 4.53. The highest BCUT2D eigenvalue weighted by atomic mass is 16.5. The number of benzene rings is 1. The normalized spacial score (nSPS) is 26.1. The molecule has 0 amide bonds. The number of carbonyl (C=O) groups is 1. The Labute approximate surface area is 120 Å². The molecule has 3 unspecified atom stereocenters. The van der Waals surface area contributed by atoms with E-state index in [0.29, 0.717) is 29.1 Å². The summed E-state index contributed by atoms with van der Waals surface area (Å²) in [7, 11) is 1.37. The van der Waals surface area contributed by atoms with Crippen LogP contribution in [0.5, 0.6) is 0 Å². The lowest BCUT2D eigenvalue weighted by Crippen LogP contribution is -2.35. The van der Waals surface area contributed by atoms with E-state index in [2.05, 4.69) is 19.2 Å². The van der Waals surface area contributed by atoms with Crippen LogP contribution in [0.4, 0.5) is 11.4 Å². The van der Waals surface area contributed by atoms with E-state index in [1.807, 2.05) is 12.1 Å². The number of rotatable bonds is 3. The van der Waals surface area contributed by atoms with Gasteiger partial charge in [-0.05, 0) is 30.4 Å². The first-order valence-corrected chi connectivity index (χ1v) is 7.28. The first kappa shape index (κ1) is 14.7. The SMILES string of the molecule is COC(=O)c1cccc(NC2CCCC(C)C2C)c1N. The number of carbonyl (C=O) groups excluding carboxylic acids is 1. The number of anilines is 2. The van der Waals surface area contributed by atoms with Gasteiger partial charge in [0.1, 0.15) is 0 Å². The minimum atomic E-state index is -0.392. The molecule has 4 nitrogen and oxygen atoms in total. The summed E-state index contributed by atoms with van der Waals surface area (Å²) in [6.07, 6.45) is 3.67. The molecule has 1 aliphatic rings. The number of esters is 1. The molecule has 1 aromatic carbocycles. The predicted molar refractivity (Wildman–Crippen MR) is 81.8 cm³/mol. The van der Waals surface area contributed by atoms with Gasteiger partial charge >= 0.3 is 5.97 Å². The zero-order valence-corrected chi connectivity index (χ0v) is 12.5. The molecule has 0 bridgehead atoms. The predicted octanol–water partition coefficient (Wildman–Crippen LogP) is 3.29. The second kappa shape index (κ2) is 6.16. The molecular weight excluding hydrogens is 252 g/mol. The molecule has 110 valence electrons. The molecule has 0 aliphatic heterocycles. The second-order valence-electron chi connectivity index (χ2n) is 5.78. The lowest BCUT2D eigenvalue weighted by atomic mass is 9.78. The van der Waals surface area contributed by atoms with Crippen LogP contribution < -0.4 is 11.1 Å². The number of methoxy groups -OCH3 is 1. The van der Waals surface area contributed by atoms with Crippen LogP contribution in [-0.2, 0) is 4.74 Å². The number of nitrogens with one attached hydrogen (secondary N) is 1. The number of hydrogen-bond acceptors (Lipinski definition) is 4. The van der Waals surface area contributed by atoms with Crippen molar-refractivity contribution in [3.05, 3.63) is 23.8 Å². The molecule has 3 atom stereocenters. The van der Waals surface area contributed by atoms with Crippen molar-refractivity contribution in [3.63, 3.8) is 0 Å². The molecule has 1 aromatic rings. The number of nitrogens with two attached hydrogens (primary N) is 1. The topological polar surface area (TPSA) is 64.3 Å². The molecule has 0 spiro atoms. The lowest BCUT2D eigenvalue weighted by Gasteiger charge is -2.35. The van der Waals surface area contributed by atoms with Gasteiger partial charge in [-0.25, -0.2) is 4.79 Å². The molecule has 2 rings (SSSR count). The second-order valence-corrected chi connectivity index (χ2v) is 5.78. The molecule has 0 radical (unpaired) electrons. The summed E-state index contributed by atoms with van der Waals surface area (Å²) < 4.78 is 4.75. The standard InChI is InChI=1S/C16H24N2O2/c1-10-6-4-8-13(11(10)2)18-14-9-5-7-12(15(14)17)16(19)20-3/h5,7,9-11,13,18H,4,6,8,17H2,1-3H3. The highest BCUT2D eigenvalue weighted by Crippen LogP contribution is 2.33. The van der Waals surface area contributed by atoms with E-state index in [9.17, 15) is 4.79 Å². The fourth-order valence-corrected chi connectivity index (χ4v) is 2.96. The zero-order valence-electron chi connectivity index (χ0n) is 12.5. The maximum absolute atomic E-state index is 11.7. The van der Waals surface area contributed by atoms with Gasteiger partial charge < -0.3 is 15.8 Å². The molecule has 0 aromatic heterocycles. The molecule has 0 saturated heterocycles. The van der Waals surface area contributed by atoms with Gasteiger partial charge in [0.2, 0.25) is 0 Å². The van der Waals surface area contributed by atoms with E-state index in [0.717, 1.165) is 12.1 Å². The third-order valence-electron chi connectivity index (χ3n) is 4.56. The molecule has 1 fully saturated rings. The van der Waals surface area contributed by atoms with Gasteiger partial charge in [0.15, 0.2) is 0 Å². The monoisotopic (exact) mass is 276 g/mol. The zero-order chi connectivity index (χ0) is 14.7. The molecule has 1 saturated carbocycles. The summed E-state index contributed by atoms with van der Waals surface area (Å²) in [6, 6.07) is 5.86. The van der Waals surface area contributed by atoms with Gasteiger partial charge in [-0.15, -0.1) is 0 Å². The smallest absolute Gasteiger partial charge is 0.340 e. The van der Waals surface area contributed by atoms with Crippen LogP contribution in [0, 0.1) is 11.8 Å². The van der Waals surface area contributed by atoms with E-state index < -0.39 is 5.97 Å². The molecule has 20 heavy (non-hydrogen) atoms. The lowest BCUT2D eigenvalue weighted by molar-refractivity contribution is 0.0602. The van der Waals surface area contributed by atoms with Gasteiger partial charge in [0.05, 0.1) is 24.0 Å². The minimum absolute atomic E-state index is 0.392. The van der Waals surface area contributed by atoms with Crippen molar-refractivity contribution in [2.75, 3.05) is 18.2 Å². The summed E-state index contributed by atoms with van der Waals surface area (Å²) in [6.45, 7) is 4.58. The average molecular weight is 276 g/mol. The highest BCUT2D eigenvalue weighted by Gasteiger charge is 2.27. The van der Waals surface area contributed by atoms with Gasteiger partial charge in [0, 0.05) is 6.04 Å². The first-order chi connectivity index (χ1) is 9.54. The van der Waals surface area contributed by atoms with Crippen molar-refractivity contribution in [1.82, 2.24) is 0 Å². The number of para-hydroxylation sites is 1. The summed E-state index contributed by atoms with van der Waals surface area (Å²) in [5.74, 6) is 0.924. The van der Waals surface area contributed by atoms with E-state index in [1.165, 1.54) is 20.0 Å². The van der Waals surface area contributed by atoms with Gasteiger partial charge in [-0.3, -0.25) is 0 Å². The Bertz CT molecular complexity index is 487. The van der Waals surface area contributed by atoms with Crippen LogP contribution >= 0.6 is 0 Å². The highest BCUT2D eigenvalue weighted by molar-refractivity contribution is 5.98. The Morgan fingerprint density at radius 2 is 2.10 bits per heavy atom. The van der Waals surface area contributed by atoms with Crippen molar-refractivity contribution >= 4 is 17.3 Å². The number of hydrogen-bond donors (Lipinski definition) is 2. The van der Waals surface area contributed by atoms with E-state index in [4.69, 9.17) is 10.5 Å². The van der Waals surface area contributed by atoms with Crippen molar-refractivity contribution < 1.29 is 9.53 Å². The summed E-state index contributed by atoms with van der Waals surface area (Å²) in [5.41, 5.74) is 7.83. The number of nitrogen functional groups attached to an aromatic ring is 1. The summed E-state index contributed by atoms with van der Waals surface area (Å²) in [5, 5.41) is 3.52. The van der Waals surface area contributed by atoms with E-state index in [-0.39, 0.29) is 0 Å². The Balaban J connectivity index is 2.19. The van der Waals surface area contributed by atoms with Crippen LogP contribution in [-0.4, -0.2) is 19.1 Å². The molecule has 1 aliphatic carbocycles. The average Bonchev–Trinajstić information content (AvgIpc) is 2.45. The fraction of sp³-hybridized carbons (Fsp3) is 0.562. The van der Waals surface area contributed by atoms with E-state index >= 15 is 0 Å². The van der Waals surface area contributed by atoms with Crippen LogP contribution in [0.15, 0.2) is 18.2 Å². The molecule has 4 heteroatoms. The Morgan fingerprint density at radius 3 is 2.80 bits per heavy atom. The van der Waals surface area contributed by atoms with Crippen molar-refractivity contribution in [2.45, 2.75) is 39.2 Å². The van der Waals surface area contributed by atoms with Gasteiger partial charge in [-0.1, -0.05) is 32.8 Å². The van der Waals surface area contributed by atoms with Crippen LogP contribution in [0.3, 0.4) is 0 Å². The fourth-order valence-electron chi connectivity index (χ4n) is 2.96. The van der Waals surface area contributed by atoms with E-state index in [1.54, 1.807) is 6.07 Å². The summed E-state index contributed by atoms with van der Waals surface area (Å²) in [4.78, 5) is 11.7. The van der Waals surface area contributed by atoms with Crippen molar-refractivity contribution in [2.24, 2.45) is 11.8 Å². The quantitative estimate of drug-likeness (QED) is 0.657. The molecular formula is C16H24N2O2. The van der Waals surface area contributed by atoms with Crippen LogP contribution in [0.25, 0.3) is 0 Å². The van der Waals surface area contributed by atoms with Gasteiger partial charge in [-0.2, -0.15) is 0 Å². The summed E-state index contributed by atoms with van der Waals surface area (Å²) >= 11 is 0. The third-order valence-corrected chi connectivity index (χ3v) is 4.56. The van der Waals surface area contributed by atoms with Gasteiger partial charge in [0.25, 0.3) is 0 Å². The van der Waals surface area contributed by atoms with Crippen LogP contribution in [0.1, 0.15) is 43.5 Å². The van der Waals surface area contributed by atoms with Crippen LogP contribution in [0.2, 0.25) is 0 Å². The maximum Gasteiger partial charge on any atom is 0.340 e. The van der Waals surface area contributed by atoms with Crippen molar-refractivity contribution in [1.29, 1.82) is 0 Å². The Morgan fingerprint density at radius 1 is 1.35 bits per heavy atom. The maximum atomic E-state index is 11.7. The largest absolute Gasteiger partial charge is 0.465 e. The number of ether oxygens (including phenoxy) is 1. The third kappa shape index (κ3) is 2.89. The Hall–Kier alpha value is -1.71. The molecule has 0 heterocycles. The molecule has 3 N–H and O–H groups in total. The van der Waals surface area contributed by atoms with Crippen molar-refractivity contribution in [3.8, 4) is 0 Å². The first-order valence-electron chi connectivity index (χ1n) is 7.28.